The van der Waals surface area contributed by atoms with E-state index in [1.807, 2.05) is 6.92 Å². The van der Waals surface area contributed by atoms with Crippen molar-refractivity contribution in [1.29, 1.82) is 0 Å². The number of likely N-dealkylation sites (tertiary alicyclic amines) is 1. The predicted octanol–water partition coefficient (Wildman–Crippen LogP) is 3.10. The van der Waals surface area contributed by atoms with Crippen LogP contribution in [0.2, 0.25) is 0 Å². The second-order valence-electron chi connectivity index (χ2n) is 5.43. The molecule has 4 heteroatoms. The zero-order valence-corrected chi connectivity index (χ0v) is 11.6. The number of piperidine rings is 1. The molecule has 1 heterocycles. The van der Waals surface area contributed by atoms with Crippen LogP contribution in [0.3, 0.4) is 0 Å². The lowest BCUT2D eigenvalue weighted by Crippen LogP contribution is -2.43. The summed E-state index contributed by atoms with van der Waals surface area (Å²) in [5, 5.41) is 3.32. The molecule has 0 saturated carbocycles. The fraction of sp³-hybridized carbons (Fsp3) is 0.600. The van der Waals surface area contributed by atoms with E-state index in [-0.39, 0.29) is 17.7 Å². The number of hydrogen-bond donors (Lipinski definition) is 1. The number of hydrogen-bond acceptors (Lipinski definition) is 2. The van der Waals surface area contributed by atoms with Crippen LogP contribution in [0.15, 0.2) is 18.2 Å². The first kappa shape index (κ1) is 14.4. The summed E-state index contributed by atoms with van der Waals surface area (Å²) in [6, 6.07) is 3.94. The Hall–Kier alpha value is -1.00. The van der Waals surface area contributed by atoms with Crippen molar-refractivity contribution in [3.05, 3.63) is 35.4 Å². The zero-order chi connectivity index (χ0) is 13.8. The Balaban J connectivity index is 1.93. The van der Waals surface area contributed by atoms with Crippen LogP contribution in [0.5, 0.6) is 0 Å². The molecule has 1 aliphatic rings. The Morgan fingerprint density at radius 2 is 2.16 bits per heavy atom. The summed E-state index contributed by atoms with van der Waals surface area (Å²) in [5.74, 6) is -0.738. The topological polar surface area (TPSA) is 15.3 Å². The molecule has 0 spiro atoms. The lowest BCUT2D eigenvalue weighted by atomic mass is 10.0. The van der Waals surface area contributed by atoms with Gasteiger partial charge in [0.25, 0.3) is 0 Å². The van der Waals surface area contributed by atoms with E-state index in [1.54, 1.807) is 0 Å². The Labute approximate surface area is 113 Å². The van der Waals surface area contributed by atoms with E-state index in [0.29, 0.717) is 11.6 Å². The summed E-state index contributed by atoms with van der Waals surface area (Å²) in [7, 11) is 2.12. The highest BCUT2D eigenvalue weighted by Gasteiger charge is 2.20. The molecular weight excluding hydrogens is 246 g/mol. The van der Waals surface area contributed by atoms with Gasteiger partial charge in [-0.05, 0) is 51.6 Å². The summed E-state index contributed by atoms with van der Waals surface area (Å²) < 4.78 is 26.8. The first-order chi connectivity index (χ1) is 9.08. The Morgan fingerprint density at radius 1 is 1.37 bits per heavy atom. The van der Waals surface area contributed by atoms with Crippen LogP contribution in [0.4, 0.5) is 8.78 Å². The van der Waals surface area contributed by atoms with Gasteiger partial charge in [-0.25, -0.2) is 8.78 Å². The van der Waals surface area contributed by atoms with E-state index < -0.39 is 0 Å². The molecule has 1 N–H and O–H groups in total. The minimum Gasteiger partial charge on any atom is -0.309 e. The van der Waals surface area contributed by atoms with Crippen molar-refractivity contribution < 1.29 is 8.78 Å². The quantitative estimate of drug-likeness (QED) is 0.902. The largest absolute Gasteiger partial charge is 0.309 e. The van der Waals surface area contributed by atoms with E-state index in [1.165, 1.54) is 31.4 Å². The number of benzene rings is 1. The maximum absolute atomic E-state index is 13.6. The van der Waals surface area contributed by atoms with Gasteiger partial charge in [0.15, 0.2) is 0 Å². The van der Waals surface area contributed by atoms with Gasteiger partial charge in [0, 0.05) is 24.2 Å². The van der Waals surface area contributed by atoms with Gasteiger partial charge >= 0.3 is 0 Å². The fourth-order valence-corrected chi connectivity index (χ4v) is 2.67. The van der Waals surface area contributed by atoms with Crippen LogP contribution >= 0.6 is 0 Å². The zero-order valence-electron chi connectivity index (χ0n) is 11.6. The average Bonchev–Trinajstić information content (AvgIpc) is 2.40. The van der Waals surface area contributed by atoms with Gasteiger partial charge in [0.1, 0.15) is 11.6 Å². The standard InChI is InChI=1S/C15H22F2N2/c1-11(14-9-12(16)6-7-15(14)17)18-10-13-5-3-4-8-19(13)2/h6-7,9,11,13,18H,3-5,8,10H2,1-2H3. The monoisotopic (exact) mass is 268 g/mol. The van der Waals surface area contributed by atoms with E-state index >= 15 is 0 Å². The van der Waals surface area contributed by atoms with Gasteiger partial charge in [0.05, 0.1) is 0 Å². The van der Waals surface area contributed by atoms with Crippen molar-refractivity contribution in [2.75, 3.05) is 20.1 Å². The second-order valence-corrected chi connectivity index (χ2v) is 5.43. The molecule has 2 nitrogen and oxygen atoms in total. The van der Waals surface area contributed by atoms with Gasteiger partial charge in [-0.2, -0.15) is 0 Å². The lowest BCUT2D eigenvalue weighted by molar-refractivity contribution is 0.178. The lowest BCUT2D eigenvalue weighted by Gasteiger charge is -2.33. The smallest absolute Gasteiger partial charge is 0.128 e. The predicted molar refractivity (Wildman–Crippen MR) is 73.0 cm³/mol. The van der Waals surface area contributed by atoms with Crippen LogP contribution in [0.1, 0.15) is 37.8 Å². The maximum atomic E-state index is 13.6. The molecule has 0 amide bonds. The van der Waals surface area contributed by atoms with Crippen molar-refractivity contribution in [3.63, 3.8) is 0 Å². The summed E-state index contributed by atoms with van der Waals surface area (Å²) in [6.45, 7) is 3.81. The Morgan fingerprint density at radius 3 is 2.89 bits per heavy atom. The third-order valence-electron chi connectivity index (χ3n) is 4.01. The first-order valence-corrected chi connectivity index (χ1v) is 6.96. The van der Waals surface area contributed by atoms with Crippen molar-refractivity contribution in [2.45, 2.75) is 38.3 Å². The van der Waals surface area contributed by atoms with Crippen LogP contribution in [-0.4, -0.2) is 31.1 Å². The molecule has 2 rings (SSSR count). The Kier molecular flexibility index (Phi) is 4.88. The summed E-state index contributed by atoms with van der Waals surface area (Å²) in [6.07, 6.45) is 3.67. The van der Waals surface area contributed by atoms with Gasteiger partial charge in [-0.1, -0.05) is 6.42 Å². The average molecular weight is 268 g/mol. The third-order valence-corrected chi connectivity index (χ3v) is 4.01. The van der Waals surface area contributed by atoms with Crippen molar-refractivity contribution >= 4 is 0 Å². The van der Waals surface area contributed by atoms with Crippen molar-refractivity contribution in [2.24, 2.45) is 0 Å². The van der Waals surface area contributed by atoms with E-state index in [0.717, 1.165) is 19.2 Å². The number of likely N-dealkylation sites (N-methyl/N-ethyl adjacent to an activating group) is 1. The molecule has 2 atom stereocenters. The molecule has 1 aromatic carbocycles. The number of nitrogens with one attached hydrogen (secondary N) is 1. The minimum atomic E-state index is -0.389. The summed E-state index contributed by atoms with van der Waals surface area (Å²) >= 11 is 0. The molecule has 0 bridgehead atoms. The van der Waals surface area contributed by atoms with E-state index in [2.05, 4.69) is 17.3 Å². The second kappa shape index (κ2) is 6.44. The molecule has 0 aliphatic carbocycles. The first-order valence-electron chi connectivity index (χ1n) is 6.96. The van der Waals surface area contributed by atoms with E-state index in [4.69, 9.17) is 0 Å². The molecular formula is C15H22F2N2. The third kappa shape index (κ3) is 3.74. The summed E-state index contributed by atoms with van der Waals surface area (Å²) in [5.41, 5.74) is 0.401. The molecule has 1 fully saturated rings. The van der Waals surface area contributed by atoms with Crippen LogP contribution in [-0.2, 0) is 0 Å². The molecule has 106 valence electrons. The highest BCUT2D eigenvalue weighted by atomic mass is 19.1. The minimum absolute atomic E-state index is 0.175. The van der Waals surface area contributed by atoms with Crippen LogP contribution in [0, 0.1) is 11.6 Å². The van der Waals surface area contributed by atoms with Gasteiger partial charge < -0.3 is 10.2 Å². The highest BCUT2D eigenvalue weighted by Crippen LogP contribution is 2.19. The number of halogens is 2. The fourth-order valence-electron chi connectivity index (χ4n) is 2.67. The van der Waals surface area contributed by atoms with Crippen molar-refractivity contribution in [1.82, 2.24) is 10.2 Å². The molecule has 0 radical (unpaired) electrons. The summed E-state index contributed by atoms with van der Waals surface area (Å²) in [4.78, 5) is 2.34. The number of nitrogens with zero attached hydrogens (tertiary/aromatic N) is 1. The van der Waals surface area contributed by atoms with Crippen LogP contribution in [0.25, 0.3) is 0 Å². The maximum Gasteiger partial charge on any atom is 0.128 e. The Bertz CT molecular complexity index is 423. The SMILES string of the molecule is CC(NCC1CCCCN1C)c1cc(F)ccc1F. The molecule has 19 heavy (non-hydrogen) atoms. The molecule has 2 unspecified atom stereocenters. The number of rotatable bonds is 4. The van der Waals surface area contributed by atoms with Gasteiger partial charge in [-0.15, -0.1) is 0 Å². The van der Waals surface area contributed by atoms with Gasteiger partial charge in [-0.3, -0.25) is 0 Å². The molecule has 1 aliphatic heterocycles. The molecule has 1 aromatic rings. The van der Waals surface area contributed by atoms with E-state index in [9.17, 15) is 8.78 Å². The molecule has 1 saturated heterocycles. The van der Waals surface area contributed by atoms with Crippen LogP contribution < -0.4 is 5.32 Å². The van der Waals surface area contributed by atoms with Gasteiger partial charge in [0.2, 0.25) is 0 Å². The normalized spacial score (nSPS) is 22.4. The van der Waals surface area contributed by atoms with Crippen molar-refractivity contribution in [3.8, 4) is 0 Å². The highest BCUT2D eigenvalue weighted by molar-refractivity contribution is 5.21. The molecule has 0 aromatic heterocycles.